The zero-order valence-corrected chi connectivity index (χ0v) is 15.2. The standard InChI is InChI=1S/C18H14N2O7S/c1-10-9-11(5-7-15(10)20(23)24)18(22)19-14-4-2-3-13-12(14)6-8-16(17(13)21)28(25,26)27/h2-9,21H,1H3,(H,19,22)(H,25,26,27). The minimum Gasteiger partial charge on any atom is -0.506 e. The Bertz CT molecular complexity index is 1240. The third-order valence-electron chi connectivity index (χ3n) is 4.18. The first-order chi connectivity index (χ1) is 13.1. The van der Waals surface area contributed by atoms with Crippen LogP contribution in [0.5, 0.6) is 5.75 Å². The molecule has 0 aliphatic carbocycles. The highest BCUT2D eigenvalue weighted by molar-refractivity contribution is 7.86. The van der Waals surface area contributed by atoms with Gasteiger partial charge in [0, 0.05) is 33.7 Å². The molecule has 0 aliphatic heterocycles. The van der Waals surface area contributed by atoms with E-state index in [4.69, 9.17) is 0 Å². The van der Waals surface area contributed by atoms with E-state index in [-0.39, 0.29) is 22.3 Å². The number of benzene rings is 3. The molecule has 144 valence electrons. The summed E-state index contributed by atoms with van der Waals surface area (Å²) in [5.41, 5.74) is 0.699. The second-order valence-corrected chi connectivity index (χ2v) is 7.39. The molecular weight excluding hydrogens is 388 g/mol. The average molecular weight is 402 g/mol. The number of phenols is 1. The van der Waals surface area contributed by atoms with Crippen LogP contribution in [0.15, 0.2) is 53.4 Å². The number of phenolic OH excluding ortho intramolecular Hbond substituents is 1. The van der Waals surface area contributed by atoms with Crippen molar-refractivity contribution in [2.75, 3.05) is 5.32 Å². The van der Waals surface area contributed by atoms with E-state index in [0.29, 0.717) is 10.9 Å². The van der Waals surface area contributed by atoms with Gasteiger partial charge in [0.15, 0.2) is 0 Å². The molecule has 0 aromatic heterocycles. The number of anilines is 1. The molecule has 0 spiro atoms. The fraction of sp³-hybridized carbons (Fsp3) is 0.0556. The lowest BCUT2D eigenvalue weighted by Crippen LogP contribution is -2.12. The van der Waals surface area contributed by atoms with Crippen molar-refractivity contribution >= 4 is 38.2 Å². The second-order valence-electron chi connectivity index (χ2n) is 6.00. The van der Waals surface area contributed by atoms with E-state index < -0.39 is 31.6 Å². The van der Waals surface area contributed by atoms with Crippen LogP contribution in [0.2, 0.25) is 0 Å². The number of amides is 1. The minimum absolute atomic E-state index is 0.107. The van der Waals surface area contributed by atoms with Crippen molar-refractivity contribution in [3.05, 3.63) is 69.8 Å². The lowest BCUT2D eigenvalue weighted by molar-refractivity contribution is -0.385. The molecule has 3 rings (SSSR count). The van der Waals surface area contributed by atoms with E-state index in [9.17, 15) is 33.0 Å². The number of rotatable bonds is 4. The Labute approximate surface area is 159 Å². The zero-order valence-electron chi connectivity index (χ0n) is 14.4. The predicted octanol–water partition coefficient (Wildman–Crippen LogP) is 3.26. The number of fused-ring (bicyclic) bond motifs is 1. The number of aryl methyl sites for hydroxylation is 1. The molecule has 0 radical (unpaired) electrons. The van der Waals surface area contributed by atoms with E-state index in [1.165, 1.54) is 43.3 Å². The summed E-state index contributed by atoms with van der Waals surface area (Å²) in [6.45, 7) is 1.52. The summed E-state index contributed by atoms with van der Waals surface area (Å²) in [5, 5.41) is 24.2. The monoisotopic (exact) mass is 402 g/mol. The number of nitro groups is 1. The van der Waals surface area contributed by atoms with Crippen molar-refractivity contribution < 1.29 is 27.8 Å². The van der Waals surface area contributed by atoms with Crippen LogP contribution in [0.4, 0.5) is 11.4 Å². The maximum Gasteiger partial charge on any atom is 0.298 e. The van der Waals surface area contributed by atoms with Crippen LogP contribution < -0.4 is 5.32 Å². The van der Waals surface area contributed by atoms with Crippen molar-refractivity contribution in [3.63, 3.8) is 0 Å². The average Bonchev–Trinajstić information content (AvgIpc) is 2.61. The molecule has 0 saturated heterocycles. The van der Waals surface area contributed by atoms with Gasteiger partial charge >= 0.3 is 0 Å². The molecule has 1 amide bonds. The predicted molar refractivity (Wildman–Crippen MR) is 101 cm³/mol. The smallest absolute Gasteiger partial charge is 0.298 e. The highest BCUT2D eigenvalue weighted by Crippen LogP contribution is 2.35. The number of aromatic hydroxyl groups is 1. The Balaban J connectivity index is 2.01. The van der Waals surface area contributed by atoms with Gasteiger partial charge in [-0.1, -0.05) is 18.2 Å². The molecule has 3 aromatic rings. The third kappa shape index (κ3) is 3.50. The summed E-state index contributed by atoms with van der Waals surface area (Å²) < 4.78 is 31.8. The van der Waals surface area contributed by atoms with Crippen LogP contribution in [-0.2, 0) is 10.1 Å². The van der Waals surface area contributed by atoms with Crippen molar-refractivity contribution in [1.29, 1.82) is 0 Å². The lowest BCUT2D eigenvalue weighted by Gasteiger charge is -2.11. The van der Waals surface area contributed by atoms with Gasteiger partial charge < -0.3 is 10.4 Å². The molecule has 0 unspecified atom stereocenters. The van der Waals surface area contributed by atoms with E-state index in [1.54, 1.807) is 6.07 Å². The number of carbonyl (C=O) groups is 1. The SMILES string of the molecule is Cc1cc(C(=O)Nc2cccc3c(O)c(S(=O)(=O)O)ccc23)ccc1[N+](=O)[O-]. The Kier molecular flexibility index (Phi) is 4.75. The molecule has 0 fully saturated rings. The van der Waals surface area contributed by atoms with E-state index in [1.807, 2.05) is 0 Å². The Morgan fingerprint density at radius 2 is 1.82 bits per heavy atom. The molecule has 9 nitrogen and oxygen atoms in total. The van der Waals surface area contributed by atoms with Crippen molar-refractivity contribution in [2.24, 2.45) is 0 Å². The number of hydrogen-bond donors (Lipinski definition) is 3. The van der Waals surface area contributed by atoms with Crippen LogP contribution >= 0.6 is 0 Å². The Morgan fingerprint density at radius 1 is 1.11 bits per heavy atom. The zero-order chi connectivity index (χ0) is 20.6. The molecule has 0 bridgehead atoms. The van der Waals surface area contributed by atoms with Crippen LogP contribution in [0.3, 0.4) is 0 Å². The number of carbonyl (C=O) groups excluding carboxylic acids is 1. The summed E-state index contributed by atoms with van der Waals surface area (Å²) in [5.74, 6) is -1.17. The topological polar surface area (TPSA) is 147 Å². The largest absolute Gasteiger partial charge is 0.506 e. The van der Waals surface area contributed by atoms with Crippen LogP contribution in [0, 0.1) is 17.0 Å². The molecule has 3 aromatic carbocycles. The molecule has 28 heavy (non-hydrogen) atoms. The first kappa shape index (κ1) is 19.3. The van der Waals surface area contributed by atoms with Crippen molar-refractivity contribution in [3.8, 4) is 5.75 Å². The first-order valence-electron chi connectivity index (χ1n) is 7.88. The van der Waals surface area contributed by atoms with Gasteiger partial charge in [-0.2, -0.15) is 8.42 Å². The second kappa shape index (κ2) is 6.91. The number of nitro benzene ring substituents is 1. The number of hydrogen-bond acceptors (Lipinski definition) is 6. The highest BCUT2D eigenvalue weighted by atomic mass is 32.2. The van der Waals surface area contributed by atoms with E-state index in [0.717, 1.165) is 6.07 Å². The van der Waals surface area contributed by atoms with Gasteiger partial charge in [-0.05, 0) is 31.2 Å². The molecule has 0 atom stereocenters. The molecule has 0 heterocycles. The Morgan fingerprint density at radius 3 is 2.43 bits per heavy atom. The van der Waals surface area contributed by atoms with Gasteiger partial charge in [0.05, 0.1) is 4.92 Å². The molecule has 10 heteroatoms. The molecular formula is C18H14N2O7S. The first-order valence-corrected chi connectivity index (χ1v) is 9.32. The molecule has 3 N–H and O–H groups in total. The number of nitrogens with one attached hydrogen (secondary N) is 1. The van der Waals surface area contributed by atoms with Crippen molar-refractivity contribution in [2.45, 2.75) is 11.8 Å². The van der Waals surface area contributed by atoms with Crippen LogP contribution in [0.1, 0.15) is 15.9 Å². The van der Waals surface area contributed by atoms with Crippen LogP contribution in [0.25, 0.3) is 10.8 Å². The van der Waals surface area contributed by atoms with Gasteiger partial charge in [0.25, 0.3) is 21.7 Å². The van der Waals surface area contributed by atoms with Gasteiger partial charge in [-0.3, -0.25) is 19.5 Å². The maximum absolute atomic E-state index is 12.5. The fourth-order valence-corrected chi connectivity index (χ4v) is 3.43. The normalized spacial score (nSPS) is 11.4. The van der Waals surface area contributed by atoms with E-state index in [2.05, 4.69) is 5.32 Å². The maximum atomic E-state index is 12.5. The summed E-state index contributed by atoms with van der Waals surface area (Å²) in [4.78, 5) is 22.2. The molecule has 0 aliphatic rings. The van der Waals surface area contributed by atoms with Crippen LogP contribution in [-0.4, -0.2) is 28.9 Å². The van der Waals surface area contributed by atoms with Crippen molar-refractivity contribution in [1.82, 2.24) is 0 Å². The van der Waals surface area contributed by atoms with Gasteiger partial charge in [-0.25, -0.2) is 0 Å². The highest BCUT2D eigenvalue weighted by Gasteiger charge is 2.19. The van der Waals surface area contributed by atoms with Gasteiger partial charge in [0.2, 0.25) is 0 Å². The summed E-state index contributed by atoms with van der Waals surface area (Å²) in [7, 11) is -4.61. The third-order valence-corrected chi connectivity index (χ3v) is 5.06. The van der Waals surface area contributed by atoms with Gasteiger partial charge in [-0.15, -0.1) is 0 Å². The van der Waals surface area contributed by atoms with E-state index >= 15 is 0 Å². The lowest BCUT2D eigenvalue weighted by atomic mass is 10.1. The summed E-state index contributed by atoms with van der Waals surface area (Å²) in [6.07, 6.45) is 0. The fourth-order valence-electron chi connectivity index (χ4n) is 2.84. The van der Waals surface area contributed by atoms with Gasteiger partial charge in [0.1, 0.15) is 10.6 Å². The molecule has 0 saturated carbocycles. The minimum atomic E-state index is -4.61. The number of nitrogens with zero attached hydrogens (tertiary/aromatic N) is 1. The quantitative estimate of drug-likeness (QED) is 0.345. The summed E-state index contributed by atoms with van der Waals surface area (Å²) in [6, 6.07) is 10.8. The summed E-state index contributed by atoms with van der Waals surface area (Å²) >= 11 is 0. The Hall–Kier alpha value is -3.50.